The first-order valence-corrected chi connectivity index (χ1v) is 6.17. The number of rotatable bonds is 4. The smallest absolute Gasteiger partial charge is 0.335 e. The van der Waals surface area contributed by atoms with Crippen LogP contribution < -0.4 is 9.47 Å². The fraction of sp³-hybridized carbons (Fsp3) is 0.0769. The lowest BCUT2D eigenvalue weighted by Crippen LogP contribution is -1.99. The lowest BCUT2D eigenvalue weighted by molar-refractivity contribution is 0.0696. The Balaban J connectivity index is 2.40. The van der Waals surface area contributed by atoms with Crippen molar-refractivity contribution < 1.29 is 19.4 Å². The van der Waals surface area contributed by atoms with Crippen LogP contribution in [0.2, 0.25) is 10.0 Å². The fourth-order valence-electron chi connectivity index (χ4n) is 1.47. The summed E-state index contributed by atoms with van der Waals surface area (Å²) in [4.78, 5) is 14.9. The van der Waals surface area contributed by atoms with Crippen molar-refractivity contribution >= 4 is 29.2 Å². The summed E-state index contributed by atoms with van der Waals surface area (Å²) < 4.78 is 10.6. The average molecular weight is 314 g/mol. The number of aromatic carboxylic acids is 1. The number of carboxylic acid groups (broad SMARTS) is 1. The summed E-state index contributed by atoms with van der Waals surface area (Å²) in [5.41, 5.74) is 0.0610. The maximum atomic E-state index is 11.0. The van der Waals surface area contributed by atoms with Gasteiger partial charge in [-0.2, -0.15) is 0 Å². The van der Waals surface area contributed by atoms with Gasteiger partial charge in [-0.25, -0.2) is 9.78 Å². The van der Waals surface area contributed by atoms with Crippen molar-refractivity contribution in [3.63, 3.8) is 0 Å². The largest absolute Gasteiger partial charge is 0.493 e. The summed E-state index contributed by atoms with van der Waals surface area (Å²) >= 11 is 11.7. The second kappa shape index (κ2) is 5.98. The standard InChI is InChI=1S/C13H9Cl2NO4/c1-19-10-3-2-7(13(17)18)4-11(10)20-12-9(15)5-8(14)6-16-12/h2-6H,1H3,(H,17,18). The molecule has 0 saturated heterocycles. The minimum Gasteiger partial charge on any atom is -0.493 e. The highest BCUT2D eigenvalue weighted by atomic mass is 35.5. The van der Waals surface area contributed by atoms with Crippen molar-refractivity contribution in [3.05, 3.63) is 46.1 Å². The number of carboxylic acids is 1. The molecule has 0 unspecified atom stereocenters. The third-order valence-electron chi connectivity index (χ3n) is 2.39. The topological polar surface area (TPSA) is 68.7 Å². The Morgan fingerprint density at radius 3 is 2.60 bits per heavy atom. The molecule has 7 heteroatoms. The summed E-state index contributed by atoms with van der Waals surface area (Å²) in [5.74, 6) is -0.406. The predicted molar refractivity (Wildman–Crippen MR) is 74.3 cm³/mol. The Morgan fingerprint density at radius 1 is 1.25 bits per heavy atom. The van der Waals surface area contributed by atoms with Gasteiger partial charge >= 0.3 is 5.97 Å². The van der Waals surface area contributed by atoms with E-state index in [-0.39, 0.29) is 22.2 Å². The zero-order valence-electron chi connectivity index (χ0n) is 10.3. The molecule has 1 heterocycles. The van der Waals surface area contributed by atoms with E-state index in [2.05, 4.69) is 4.98 Å². The van der Waals surface area contributed by atoms with Gasteiger partial charge in [0.2, 0.25) is 5.88 Å². The Bertz CT molecular complexity index is 661. The number of nitrogens with zero attached hydrogens (tertiary/aromatic N) is 1. The number of hydrogen-bond acceptors (Lipinski definition) is 4. The van der Waals surface area contributed by atoms with Crippen LogP contribution in [0.5, 0.6) is 17.4 Å². The monoisotopic (exact) mass is 313 g/mol. The minimum atomic E-state index is -1.08. The molecule has 0 aliphatic rings. The highest BCUT2D eigenvalue weighted by Crippen LogP contribution is 2.35. The Kier molecular flexibility index (Phi) is 4.32. The van der Waals surface area contributed by atoms with E-state index in [9.17, 15) is 4.79 Å². The molecule has 104 valence electrons. The maximum absolute atomic E-state index is 11.0. The molecule has 0 aliphatic heterocycles. The molecule has 1 N–H and O–H groups in total. The molecule has 2 rings (SSSR count). The van der Waals surface area contributed by atoms with Crippen LogP contribution in [-0.4, -0.2) is 23.2 Å². The second-order valence-corrected chi connectivity index (χ2v) is 4.56. The molecule has 0 saturated carbocycles. The van der Waals surface area contributed by atoms with Crippen molar-refractivity contribution in [2.45, 2.75) is 0 Å². The number of aromatic nitrogens is 1. The molecule has 0 atom stereocenters. The van der Waals surface area contributed by atoms with Crippen molar-refractivity contribution in [1.29, 1.82) is 0 Å². The Hall–Kier alpha value is -1.98. The normalized spacial score (nSPS) is 10.2. The minimum absolute atomic E-state index is 0.0610. The lowest BCUT2D eigenvalue weighted by atomic mass is 10.2. The third kappa shape index (κ3) is 3.12. The molecule has 1 aromatic carbocycles. The Morgan fingerprint density at radius 2 is 2.00 bits per heavy atom. The highest BCUT2D eigenvalue weighted by molar-refractivity contribution is 6.35. The van der Waals surface area contributed by atoms with Gasteiger partial charge in [-0.15, -0.1) is 0 Å². The van der Waals surface area contributed by atoms with Gasteiger partial charge in [-0.1, -0.05) is 23.2 Å². The number of benzene rings is 1. The van der Waals surface area contributed by atoms with Crippen molar-refractivity contribution in [2.75, 3.05) is 7.11 Å². The molecular weight excluding hydrogens is 305 g/mol. The van der Waals surface area contributed by atoms with E-state index in [1.807, 2.05) is 0 Å². The van der Waals surface area contributed by atoms with Crippen LogP contribution in [0.25, 0.3) is 0 Å². The van der Waals surface area contributed by atoms with Gasteiger partial charge in [0.1, 0.15) is 5.02 Å². The first-order chi connectivity index (χ1) is 9.51. The average Bonchev–Trinajstić information content (AvgIpc) is 2.41. The van der Waals surface area contributed by atoms with Gasteiger partial charge in [-0.05, 0) is 24.3 Å². The zero-order chi connectivity index (χ0) is 14.7. The molecule has 0 radical (unpaired) electrons. The van der Waals surface area contributed by atoms with E-state index in [1.54, 1.807) is 0 Å². The van der Waals surface area contributed by atoms with Crippen LogP contribution in [0.15, 0.2) is 30.5 Å². The first kappa shape index (κ1) is 14.4. The van der Waals surface area contributed by atoms with Crippen LogP contribution in [0, 0.1) is 0 Å². The number of hydrogen-bond donors (Lipinski definition) is 1. The van der Waals surface area contributed by atoms with E-state index in [0.717, 1.165) is 0 Å². The summed E-state index contributed by atoms with van der Waals surface area (Å²) in [6.07, 6.45) is 1.37. The van der Waals surface area contributed by atoms with Crippen LogP contribution in [0.1, 0.15) is 10.4 Å². The molecule has 2 aromatic rings. The van der Waals surface area contributed by atoms with Crippen LogP contribution >= 0.6 is 23.2 Å². The van der Waals surface area contributed by atoms with E-state index in [1.165, 1.54) is 37.6 Å². The van der Waals surface area contributed by atoms with E-state index in [0.29, 0.717) is 10.8 Å². The number of halogens is 2. The quantitative estimate of drug-likeness (QED) is 0.927. The molecule has 0 amide bonds. The highest BCUT2D eigenvalue weighted by Gasteiger charge is 2.13. The van der Waals surface area contributed by atoms with Crippen LogP contribution in [0.3, 0.4) is 0 Å². The van der Waals surface area contributed by atoms with Gasteiger partial charge < -0.3 is 14.6 Å². The van der Waals surface area contributed by atoms with E-state index >= 15 is 0 Å². The fourth-order valence-corrected chi connectivity index (χ4v) is 1.89. The number of carbonyl (C=O) groups is 1. The number of methoxy groups -OCH3 is 1. The molecule has 5 nitrogen and oxygen atoms in total. The molecule has 0 fully saturated rings. The van der Waals surface area contributed by atoms with Crippen LogP contribution in [0.4, 0.5) is 0 Å². The molecule has 0 aliphatic carbocycles. The summed E-state index contributed by atoms with van der Waals surface area (Å²) in [5, 5.41) is 9.55. The van der Waals surface area contributed by atoms with Gasteiger partial charge in [0.05, 0.1) is 17.7 Å². The molecule has 1 aromatic heterocycles. The molecule has 20 heavy (non-hydrogen) atoms. The maximum Gasteiger partial charge on any atom is 0.335 e. The van der Waals surface area contributed by atoms with Gasteiger partial charge in [0.15, 0.2) is 11.5 Å². The van der Waals surface area contributed by atoms with Crippen molar-refractivity contribution in [3.8, 4) is 17.4 Å². The van der Waals surface area contributed by atoms with Gasteiger partial charge in [-0.3, -0.25) is 0 Å². The Labute approximate surface area is 124 Å². The van der Waals surface area contributed by atoms with Crippen molar-refractivity contribution in [2.24, 2.45) is 0 Å². The SMILES string of the molecule is COc1ccc(C(=O)O)cc1Oc1ncc(Cl)cc1Cl. The third-order valence-corrected chi connectivity index (χ3v) is 2.87. The summed E-state index contributed by atoms with van der Waals surface area (Å²) in [6.45, 7) is 0. The van der Waals surface area contributed by atoms with Gasteiger partial charge in [0, 0.05) is 6.20 Å². The summed E-state index contributed by atoms with van der Waals surface area (Å²) in [6, 6.07) is 5.69. The number of ether oxygens (including phenoxy) is 2. The zero-order valence-corrected chi connectivity index (χ0v) is 11.8. The van der Waals surface area contributed by atoms with Gasteiger partial charge in [0.25, 0.3) is 0 Å². The second-order valence-electron chi connectivity index (χ2n) is 3.71. The van der Waals surface area contributed by atoms with Crippen LogP contribution in [-0.2, 0) is 0 Å². The van der Waals surface area contributed by atoms with E-state index in [4.69, 9.17) is 37.8 Å². The first-order valence-electron chi connectivity index (χ1n) is 5.41. The molecule has 0 bridgehead atoms. The van der Waals surface area contributed by atoms with E-state index < -0.39 is 5.97 Å². The summed E-state index contributed by atoms with van der Waals surface area (Å²) in [7, 11) is 1.44. The molecular formula is C13H9Cl2NO4. The predicted octanol–water partition coefficient (Wildman–Crippen LogP) is 3.89. The lowest BCUT2D eigenvalue weighted by Gasteiger charge is -2.11. The molecule has 0 spiro atoms. The van der Waals surface area contributed by atoms with Crippen molar-refractivity contribution in [1.82, 2.24) is 4.98 Å². The number of pyridine rings is 1.